The Labute approximate surface area is 497 Å². The van der Waals surface area contributed by atoms with E-state index in [1.807, 2.05) is 0 Å². The molecule has 0 spiro atoms. The lowest BCUT2D eigenvalue weighted by Crippen LogP contribution is -2.36. The van der Waals surface area contributed by atoms with Crippen LogP contribution in [0.25, 0.3) is 43.1 Å². The van der Waals surface area contributed by atoms with Gasteiger partial charge in [0.1, 0.15) is 25.6 Å². The Morgan fingerprint density at radius 3 is 1.29 bits per heavy atom. The van der Waals surface area contributed by atoms with Crippen LogP contribution in [0.4, 0.5) is 22.7 Å². The molecule has 14 rings (SSSR count). The highest BCUT2D eigenvalue weighted by atomic mass is 16.5. The maximum absolute atomic E-state index is 6.70. The first-order valence-electron chi connectivity index (χ1n) is 30.5. The van der Waals surface area contributed by atoms with Crippen molar-refractivity contribution in [1.29, 1.82) is 0 Å². The molecule has 5 nitrogen and oxygen atoms in total. The third kappa shape index (κ3) is 8.31. The zero-order valence-electron chi connectivity index (χ0n) is 50.9. The lowest BCUT2D eigenvalue weighted by atomic mass is 9.71. The van der Waals surface area contributed by atoms with Gasteiger partial charge >= 0.3 is 0 Å². The summed E-state index contributed by atoms with van der Waals surface area (Å²) in [5.74, 6) is 1.98. The number of ether oxygens (including phenoxy) is 1. The Bertz CT molecular complexity index is 4480. The molecule has 4 aliphatic rings. The molecule has 5 heteroatoms. The number of fused-ring (bicyclic) bond motifs is 12. The first kappa shape index (κ1) is 53.5. The van der Waals surface area contributed by atoms with Gasteiger partial charge in [0.05, 0.1) is 10.8 Å². The van der Waals surface area contributed by atoms with Gasteiger partial charge in [0.25, 0.3) is 0 Å². The number of nitrogens with zero attached hydrogens (tertiary/aromatic N) is 4. The highest BCUT2D eigenvalue weighted by molar-refractivity contribution is 6.05. The fourth-order valence-corrected chi connectivity index (χ4v) is 16.5. The quantitative estimate of drug-likeness (QED) is 0.114. The van der Waals surface area contributed by atoms with E-state index in [-0.39, 0.29) is 21.7 Å². The molecule has 0 saturated heterocycles. The second-order valence-electron chi connectivity index (χ2n) is 26.4. The molecule has 3 unspecified atom stereocenters. The molecule has 0 radical (unpaired) electrons. The first-order valence-corrected chi connectivity index (χ1v) is 30.5. The highest BCUT2D eigenvalue weighted by Gasteiger charge is 2.51. The van der Waals surface area contributed by atoms with E-state index in [0.29, 0.717) is 5.92 Å². The molecule has 0 bridgehead atoms. The Hall–Kier alpha value is -8.54. The minimum absolute atomic E-state index is 0.115. The molecule has 10 aromatic rings. The van der Waals surface area contributed by atoms with E-state index in [1.165, 1.54) is 122 Å². The number of hydrogen-bond donors (Lipinski definition) is 0. The summed E-state index contributed by atoms with van der Waals surface area (Å²) < 4.78 is 11.7. The van der Waals surface area contributed by atoms with Gasteiger partial charge in [0.15, 0.2) is 11.4 Å². The van der Waals surface area contributed by atoms with Crippen LogP contribution in [0.2, 0.25) is 0 Å². The average molecular weight is 1100 g/mol. The molecule has 0 fully saturated rings. The summed E-state index contributed by atoms with van der Waals surface area (Å²) >= 11 is 0. The van der Waals surface area contributed by atoms with Gasteiger partial charge in [-0.3, -0.25) is 0 Å². The van der Waals surface area contributed by atoms with Crippen molar-refractivity contribution in [3.63, 3.8) is 0 Å². The largest absolute Gasteiger partial charge is 0.457 e. The number of likely N-dealkylation sites (N-methyl/N-ethyl adjacent to an activating group) is 2. The minimum atomic E-state index is -0.246. The van der Waals surface area contributed by atoms with Gasteiger partial charge in [0.2, 0.25) is 11.4 Å². The molecule has 418 valence electrons. The van der Waals surface area contributed by atoms with Crippen LogP contribution in [-0.4, -0.2) is 48.8 Å². The Kier molecular flexibility index (Phi) is 12.6. The summed E-state index contributed by atoms with van der Waals surface area (Å²) in [5, 5.41) is 10.5. The summed E-state index contributed by atoms with van der Waals surface area (Å²) in [4.78, 5) is 4.88. The normalized spacial score (nSPS) is 20.7. The second kappa shape index (κ2) is 19.8. The minimum Gasteiger partial charge on any atom is -0.457 e. The van der Waals surface area contributed by atoms with Gasteiger partial charge in [-0.15, -0.1) is 0 Å². The number of benzene rings is 10. The molecule has 0 aliphatic carbocycles. The Morgan fingerprint density at radius 2 is 0.821 bits per heavy atom. The zero-order valence-corrected chi connectivity index (χ0v) is 50.9. The van der Waals surface area contributed by atoms with Crippen LogP contribution in [0.15, 0.2) is 218 Å². The van der Waals surface area contributed by atoms with Crippen LogP contribution < -0.4 is 14.5 Å². The number of anilines is 2. The van der Waals surface area contributed by atoms with Crippen LogP contribution >= 0.6 is 0 Å². The van der Waals surface area contributed by atoms with E-state index in [2.05, 4.69) is 302 Å². The lowest BCUT2D eigenvalue weighted by Gasteiger charge is -2.28. The molecule has 10 aromatic carbocycles. The number of hydrogen-bond acceptors (Lipinski definition) is 3. The monoisotopic (exact) mass is 1100 g/mol. The molecule has 0 N–H and O–H groups in total. The fourth-order valence-electron chi connectivity index (χ4n) is 16.5. The lowest BCUT2D eigenvalue weighted by molar-refractivity contribution is -0.404. The smallest absolute Gasteiger partial charge is 0.209 e. The predicted octanol–water partition coefficient (Wildman–Crippen LogP) is 19.0. The van der Waals surface area contributed by atoms with Crippen molar-refractivity contribution < 1.29 is 13.9 Å². The van der Waals surface area contributed by atoms with Gasteiger partial charge in [-0.25, -0.2) is 9.15 Å². The third-order valence-corrected chi connectivity index (χ3v) is 20.4. The molecule has 84 heavy (non-hydrogen) atoms. The maximum atomic E-state index is 6.70. The van der Waals surface area contributed by atoms with Crippen LogP contribution in [0.1, 0.15) is 101 Å². The van der Waals surface area contributed by atoms with Crippen molar-refractivity contribution in [3.05, 3.63) is 251 Å². The molecule has 0 aromatic heterocycles. The van der Waals surface area contributed by atoms with Gasteiger partial charge < -0.3 is 14.5 Å². The van der Waals surface area contributed by atoms with E-state index in [1.54, 1.807) is 0 Å². The highest BCUT2D eigenvalue weighted by Crippen LogP contribution is 2.54. The van der Waals surface area contributed by atoms with E-state index in [0.717, 1.165) is 43.6 Å². The van der Waals surface area contributed by atoms with E-state index in [9.17, 15) is 0 Å². The van der Waals surface area contributed by atoms with Gasteiger partial charge in [-0.05, 0) is 153 Å². The van der Waals surface area contributed by atoms with Crippen molar-refractivity contribution in [3.8, 4) is 11.5 Å². The zero-order chi connectivity index (χ0) is 58.0. The van der Waals surface area contributed by atoms with Crippen molar-refractivity contribution in [2.75, 3.05) is 38.0 Å². The molecule has 4 heterocycles. The standard InChI is InChI=1S/C79H78N4O/c1-51(47-70-77(4,5)73-61-26-17-13-22-55(61)36-44-65(73)82(70)10)48-71-79(7,75-63-28-19-15-24-57(63)38-46-67(75)83(71)11)50-53-33-41-59(42-34-53)84-58-39-31-52(32-40-58)49-78(6)69(81(9)66-45-37-56-23-14-18-27-62(56)74(66)78)30-20-29-68-76(2,3)72-60-25-16-12-21-54(60)35-43-64(72)80(68)8/h12-19,21-29,31-47,51H,20,30,48-50H2,1-11H3/q+2/b68-29+,70-47+. The fraction of sp³-hybridized carbons (Fsp3) is 0.266. The molecular weight excluding hydrogens is 1020 g/mol. The van der Waals surface area contributed by atoms with Crippen molar-refractivity contribution >= 4 is 77.3 Å². The number of allylic oxidation sites excluding steroid dienone is 4. The SMILES string of the molecule is CC(/C=C1/N(C)c2ccc3ccccc3c2C1(C)C)CC1=[N+](C)c2ccc3ccccc3c2C1(C)Cc1ccc(Oc2ccc(CC3(C)C(CC/C=C4/N(C)c5ccc6ccccc6c5C4(C)C)=[N+](C)c4ccc5ccccc5c43)cc2)cc1. The summed E-state index contributed by atoms with van der Waals surface area (Å²) in [6, 6.07) is 71.9. The van der Waals surface area contributed by atoms with E-state index in [4.69, 9.17) is 4.74 Å². The second-order valence-corrected chi connectivity index (χ2v) is 26.4. The van der Waals surface area contributed by atoms with Gasteiger partial charge in [-0.1, -0.05) is 180 Å². The summed E-state index contributed by atoms with van der Waals surface area (Å²) in [6.07, 6.45) is 9.69. The molecule has 0 saturated carbocycles. The summed E-state index contributed by atoms with van der Waals surface area (Å²) in [5.41, 5.74) is 18.5. The predicted molar refractivity (Wildman–Crippen MR) is 355 cm³/mol. The van der Waals surface area contributed by atoms with Crippen molar-refractivity contribution in [2.45, 2.75) is 102 Å². The van der Waals surface area contributed by atoms with Crippen molar-refractivity contribution in [2.24, 2.45) is 5.92 Å². The Balaban J connectivity index is 0.713. The topological polar surface area (TPSA) is 21.7 Å². The van der Waals surface area contributed by atoms with Crippen LogP contribution in [0, 0.1) is 5.92 Å². The molecule has 3 atom stereocenters. The maximum Gasteiger partial charge on any atom is 0.209 e. The first-order chi connectivity index (χ1) is 40.5. The van der Waals surface area contributed by atoms with Gasteiger partial charge in [0, 0.05) is 83.8 Å². The molecular formula is C79H78N4O+2. The van der Waals surface area contributed by atoms with Crippen molar-refractivity contribution in [1.82, 2.24) is 0 Å². The average Bonchev–Trinajstić information content (AvgIpc) is 2.07. The van der Waals surface area contributed by atoms with Crippen LogP contribution in [-0.2, 0) is 34.5 Å². The molecule has 4 aliphatic heterocycles. The van der Waals surface area contributed by atoms with Gasteiger partial charge in [-0.2, -0.15) is 0 Å². The van der Waals surface area contributed by atoms with E-state index < -0.39 is 0 Å². The third-order valence-electron chi connectivity index (χ3n) is 20.4. The molecule has 0 amide bonds. The summed E-state index contributed by atoms with van der Waals surface area (Å²) in [7, 11) is 9.09. The number of rotatable bonds is 12. The van der Waals surface area contributed by atoms with E-state index >= 15 is 0 Å². The Morgan fingerprint density at radius 1 is 0.440 bits per heavy atom. The van der Waals surface area contributed by atoms with Crippen LogP contribution in [0.3, 0.4) is 0 Å². The van der Waals surface area contributed by atoms with Crippen LogP contribution in [0.5, 0.6) is 11.5 Å². The summed E-state index contributed by atoms with van der Waals surface area (Å²) in [6.45, 7) is 17.0.